The fraction of sp³-hybridized carbons (Fsp3) is 0.200. The molecule has 0 unspecified atom stereocenters. The monoisotopic (exact) mass is 591 g/mol. The van der Waals surface area contributed by atoms with E-state index in [2.05, 4.69) is 15.6 Å². The van der Waals surface area contributed by atoms with Gasteiger partial charge in [0.1, 0.15) is 12.1 Å². The van der Waals surface area contributed by atoms with Crippen molar-refractivity contribution in [1.82, 2.24) is 10.6 Å². The fourth-order valence-corrected chi connectivity index (χ4v) is 5.02. The summed E-state index contributed by atoms with van der Waals surface area (Å²) in [6, 6.07) is 33.9. The molecule has 4 rings (SSSR count). The van der Waals surface area contributed by atoms with E-state index < -0.39 is 35.8 Å². The number of hydrogen-bond donors (Lipinski definition) is 4. The number of nitrogens with zero attached hydrogens (tertiary/aromatic N) is 1. The van der Waals surface area contributed by atoms with Gasteiger partial charge in [-0.05, 0) is 47.2 Å². The molecule has 9 heteroatoms. The second-order valence-corrected chi connectivity index (χ2v) is 10.2. The van der Waals surface area contributed by atoms with Crippen LogP contribution < -0.4 is 22.1 Å². The number of hydrogen-bond acceptors (Lipinski definition) is 5. The maximum atomic E-state index is 14.1. The number of guanidine groups is 1. The molecule has 2 atom stereocenters. The number of nitrogens with two attached hydrogens (primary N) is 2. The molecule has 0 spiro atoms. The Morgan fingerprint density at radius 2 is 1.25 bits per heavy atom. The van der Waals surface area contributed by atoms with Gasteiger partial charge in [-0.25, -0.2) is 4.79 Å². The summed E-state index contributed by atoms with van der Waals surface area (Å²) < 4.78 is 4.97. The second-order valence-electron chi connectivity index (χ2n) is 10.2. The van der Waals surface area contributed by atoms with E-state index in [1.165, 1.54) is 7.11 Å². The van der Waals surface area contributed by atoms with E-state index >= 15 is 0 Å². The minimum atomic E-state index is -1.08. The predicted octanol–water partition coefficient (Wildman–Crippen LogP) is 4.00. The summed E-state index contributed by atoms with van der Waals surface area (Å²) in [4.78, 5) is 44.5. The molecule has 0 saturated heterocycles. The summed E-state index contributed by atoms with van der Waals surface area (Å²) >= 11 is 0. The molecule has 0 bridgehead atoms. The van der Waals surface area contributed by atoms with Gasteiger partial charge in [-0.2, -0.15) is 0 Å². The lowest BCUT2D eigenvalue weighted by Crippen LogP contribution is -2.54. The van der Waals surface area contributed by atoms with E-state index in [1.807, 2.05) is 103 Å². The first-order chi connectivity index (χ1) is 21.4. The van der Waals surface area contributed by atoms with Crippen LogP contribution in [0.2, 0.25) is 0 Å². The van der Waals surface area contributed by atoms with E-state index in [9.17, 15) is 14.4 Å². The summed E-state index contributed by atoms with van der Waals surface area (Å²) in [5.74, 6) is -2.19. The number of methoxy groups -OCH3 is 1. The van der Waals surface area contributed by atoms with Crippen molar-refractivity contribution in [2.24, 2.45) is 16.5 Å². The highest BCUT2D eigenvalue weighted by atomic mass is 16.5. The molecule has 0 radical (unpaired) electrons. The van der Waals surface area contributed by atoms with Gasteiger partial charge >= 0.3 is 5.97 Å². The van der Waals surface area contributed by atoms with Crippen molar-refractivity contribution >= 4 is 23.7 Å². The maximum Gasteiger partial charge on any atom is 0.328 e. The van der Waals surface area contributed by atoms with E-state index in [4.69, 9.17) is 16.2 Å². The molecule has 226 valence electrons. The van der Waals surface area contributed by atoms with Crippen LogP contribution in [0.15, 0.2) is 120 Å². The molecular weight excluding hydrogens is 554 g/mol. The maximum absolute atomic E-state index is 14.1. The lowest BCUT2D eigenvalue weighted by Gasteiger charge is -2.29. The molecule has 4 aromatic carbocycles. The normalized spacial score (nSPS) is 12.0. The van der Waals surface area contributed by atoms with Gasteiger partial charge in [-0.3, -0.25) is 14.6 Å². The molecule has 0 aromatic heterocycles. The third-order valence-electron chi connectivity index (χ3n) is 7.22. The first kappa shape index (κ1) is 31.5. The van der Waals surface area contributed by atoms with Crippen molar-refractivity contribution in [2.45, 2.75) is 30.8 Å². The summed E-state index contributed by atoms with van der Waals surface area (Å²) in [5, 5.41) is 5.80. The highest BCUT2D eigenvalue weighted by Gasteiger charge is 2.35. The summed E-state index contributed by atoms with van der Waals surface area (Å²) in [5.41, 5.74) is 14.9. The molecule has 6 N–H and O–H groups in total. The van der Waals surface area contributed by atoms with E-state index in [-0.39, 0.29) is 18.9 Å². The molecule has 0 saturated carbocycles. The Hall–Kier alpha value is -5.44. The van der Waals surface area contributed by atoms with Crippen LogP contribution in [-0.4, -0.2) is 49.5 Å². The van der Waals surface area contributed by atoms with Gasteiger partial charge in [0.2, 0.25) is 5.91 Å². The molecule has 9 nitrogen and oxygen atoms in total. The van der Waals surface area contributed by atoms with Crippen LogP contribution in [0.4, 0.5) is 0 Å². The Bertz CT molecular complexity index is 1500. The molecule has 44 heavy (non-hydrogen) atoms. The molecule has 4 aromatic rings. The van der Waals surface area contributed by atoms with Crippen molar-refractivity contribution in [2.75, 3.05) is 13.7 Å². The van der Waals surface area contributed by atoms with Crippen molar-refractivity contribution < 1.29 is 19.1 Å². The first-order valence-corrected chi connectivity index (χ1v) is 14.4. The zero-order chi connectivity index (χ0) is 31.3. The number of aliphatic imine (C=N–C) groups is 1. The number of carbonyl (C=O) groups is 3. The van der Waals surface area contributed by atoms with Crippen LogP contribution in [0.5, 0.6) is 0 Å². The fourth-order valence-electron chi connectivity index (χ4n) is 5.02. The second kappa shape index (κ2) is 15.7. The van der Waals surface area contributed by atoms with Gasteiger partial charge in [-0.1, -0.05) is 103 Å². The minimum Gasteiger partial charge on any atom is -0.467 e. The molecular formula is C35H37N5O4. The Labute approximate surface area is 257 Å². The largest absolute Gasteiger partial charge is 0.467 e. The third kappa shape index (κ3) is 8.54. The van der Waals surface area contributed by atoms with Crippen LogP contribution in [0.25, 0.3) is 11.1 Å². The van der Waals surface area contributed by atoms with Gasteiger partial charge in [0.15, 0.2) is 5.96 Å². The summed E-state index contributed by atoms with van der Waals surface area (Å²) in [6.45, 7) is 0.279. The number of rotatable bonds is 13. The lowest BCUT2D eigenvalue weighted by molar-refractivity contribution is -0.145. The number of esters is 1. The van der Waals surface area contributed by atoms with Crippen molar-refractivity contribution in [1.29, 1.82) is 0 Å². The smallest absolute Gasteiger partial charge is 0.328 e. The summed E-state index contributed by atoms with van der Waals surface area (Å²) in [6.07, 6.45) is 0.654. The molecule has 0 aliphatic carbocycles. The average molecular weight is 592 g/mol. The molecule has 0 aliphatic heterocycles. The molecule has 0 aliphatic rings. The van der Waals surface area contributed by atoms with Gasteiger partial charge in [-0.15, -0.1) is 0 Å². The third-order valence-corrected chi connectivity index (χ3v) is 7.22. The average Bonchev–Trinajstić information content (AvgIpc) is 3.06. The standard InChI is InChI=1S/C35H37N5O4/c1-44-34(43)29(18-11-23-38-35(36)37)39-33(42)31(30(26-14-7-3-8-15-26)27-16-9-4-10-17-27)40-32(41)28-21-19-25(20-22-28)24-12-5-2-6-13-24/h2-10,12-17,19-22,29-31H,11,18,23H2,1H3,(H,39,42)(H,40,41)(H4,36,37,38)/t29-,31-/m0/s1. The first-order valence-electron chi connectivity index (χ1n) is 14.4. The predicted molar refractivity (Wildman–Crippen MR) is 172 cm³/mol. The van der Waals surface area contributed by atoms with Crippen LogP contribution in [0.1, 0.15) is 40.2 Å². The molecule has 2 amide bonds. The minimum absolute atomic E-state index is 0.0585. The van der Waals surface area contributed by atoms with Gasteiger partial charge in [0.25, 0.3) is 5.91 Å². The zero-order valence-electron chi connectivity index (χ0n) is 24.6. The Balaban J connectivity index is 1.66. The summed E-state index contributed by atoms with van der Waals surface area (Å²) in [7, 11) is 1.26. The van der Waals surface area contributed by atoms with E-state index in [1.54, 1.807) is 12.1 Å². The van der Waals surface area contributed by atoms with Crippen LogP contribution in [-0.2, 0) is 14.3 Å². The number of ether oxygens (including phenoxy) is 1. The number of amides is 2. The number of carbonyl (C=O) groups excluding carboxylic acids is 3. The lowest BCUT2D eigenvalue weighted by atomic mass is 9.84. The number of nitrogens with one attached hydrogen (secondary N) is 2. The Morgan fingerprint density at radius 1 is 0.727 bits per heavy atom. The Morgan fingerprint density at radius 3 is 1.77 bits per heavy atom. The van der Waals surface area contributed by atoms with E-state index in [0.29, 0.717) is 12.0 Å². The van der Waals surface area contributed by atoms with Crippen molar-refractivity contribution in [3.05, 3.63) is 132 Å². The van der Waals surface area contributed by atoms with Crippen molar-refractivity contribution in [3.63, 3.8) is 0 Å². The van der Waals surface area contributed by atoms with Gasteiger partial charge in [0, 0.05) is 18.0 Å². The zero-order valence-corrected chi connectivity index (χ0v) is 24.6. The van der Waals surface area contributed by atoms with Crippen LogP contribution >= 0.6 is 0 Å². The molecule has 0 fully saturated rings. The van der Waals surface area contributed by atoms with E-state index in [0.717, 1.165) is 22.3 Å². The Kier molecular flexibility index (Phi) is 11.2. The number of benzene rings is 4. The SMILES string of the molecule is COC(=O)[C@H](CCCN=C(N)N)NC(=O)[C@@H](NC(=O)c1ccc(-c2ccccc2)cc1)C(c1ccccc1)c1ccccc1. The van der Waals surface area contributed by atoms with Crippen molar-refractivity contribution in [3.8, 4) is 11.1 Å². The molecule has 0 heterocycles. The van der Waals surface area contributed by atoms with Gasteiger partial charge < -0.3 is 26.8 Å². The van der Waals surface area contributed by atoms with Crippen LogP contribution in [0.3, 0.4) is 0 Å². The highest BCUT2D eigenvalue weighted by Crippen LogP contribution is 2.29. The highest BCUT2D eigenvalue weighted by molar-refractivity contribution is 5.99. The van der Waals surface area contributed by atoms with Crippen LogP contribution in [0, 0.1) is 0 Å². The van der Waals surface area contributed by atoms with Gasteiger partial charge in [0.05, 0.1) is 7.11 Å². The topological polar surface area (TPSA) is 149 Å². The quantitative estimate of drug-likeness (QED) is 0.0800.